The maximum absolute atomic E-state index is 13.7. The smallest absolute Gasteiger partial charge is 0.220 e. The van der Waals surface area contributed by atoms with Crippen molar-refractivity contribution in [2.75, 3.05) is 33.6 Å². The summed E-state index contributed by atoms with van der Waals surface area (Å²) in [6.45, 7) is 1.92. The maximum Gasteiger partial charge on any atom is 0.220 e. The molecule has 0 saturated carbocycles. The fourth-order valence-electron chi connectivity index (χ4n) is 4.19. The Balaban J connectivity index is 1.82. The van der Waals surface area contributed by atoms with Crippen molar-refractivity contribution in [1.82, 2.24) is 10.2 Å². The van der Waals surface area contributed by atoms with E-state index in [1.165, 1.54) is 19.2 Å². The van der Waals surface area contributed by atoms with Crippen molar-refractivity contribution in [3.05, 3.63) is 29.8 Å². The second-order valence-electron chi connectivity index (χ2n) is 8.79. The van der Waals surface area contributed by atoms with E-state index in [9.17, 15) is 22.7 Å². The Morgan fingerprint density at radius 1 is 1.30 bits per heavy atom. The zero-order chi connectivity index (χ0) is 24.6. The first kappa shape index (κ1) is 27.7. The van der Waals surface area contributed by atoms with E-state index in [4.69, 9.17) is 9.47 Å². The molecule has 1 aliphatic heterocycles. The van der Waals surface area contributed by atoms with E-state index in [2.05, 4.69) is 10.2 Å². The van der Waals surface area contributed by atoms with Gasteiger partial charge < -0.3 is 24.8 Å². The molecule has 1 unspecified atom stereocenters. The number of aliphatic hydroxyl groups excluding tert-OH is 1. The van der Waals surface area contributed by atoms with Crippen LogP contribution in [0.2, 0.25) is 0 Å². The third-order valence-electron chi connectivity index (χ3n) is 6.02. The lowest BCUT2D eigenvalue weighted by atomic mass is 10.0. The summed E-state index contributed by atoms with van der Waals surface area (Å²) in [4.78, 5) is 14.8. The lowest BCUT2D eigenvalue weighted by Crippen LogP contribution is -2.43. The predicted molar refractivity (Wildman–Crippen MR) is 123 cm³/mol. The molecule has 0 radical (unpaired) electrons. The van der Waals surface area contributed by atoms with Gasteiger partial charge in [0.1, 0.15) is 12.8 Å². The molecular formula is C23H37FN2O6S. The van der Waals surface area contributed by atoms with Crippen LogP contribution in [0.15, 0.2) is 29.2 Å². The number of benzene rings is 1. The minimum atomic E-state index is -3.34. The first-order chi connectivity index (χ1) is 15.5. The topological polar surface area (TPSA) is 105 Å². The average Bonchev–Trinajstić information content (AvgIpc) is 2.75. The van der Waals surface area contributed by atoms with Crippen molar-refractivity contribution in [2.45, 2.75) is 74.5 Å². The first-order valence-corrected chi connectivity index (χ1v) is 13.2. The molecule has 1 aliphatic rings. The maximum atomic E-state index is 13.7. The minimum absolute atomic E-state index is 0.0147. The summed E-state index contributed by atoms with van der Waals surface area (Å²) in [5.74, 6) is -0.259. The number of ether oxygens (including phenoxy) is 2. The van der Waals surface area contributed by atoms with E-state index in [-0.39, 0.29) is 29.4 Å². The SMILES string of the molecule is CO[C@H](c1ccc(S(C)(=O)=O)cc1)[C@@H](CF)NC(=O)CCCCN(C)[C@@H]1CC(O)O[C@H](C)C1. The number of hydrogen-bond acceptors (Lipinski definition) is 7. The first-order valence-electron chi connectivity index (χ1n) is 11.3. The van der Waals surface area contributed by atoms with Gasteiger partial charge in [-0.3, -0.25) is 4.79 Å². The Hall–Kier alpha value is -1.59. The molecule has 33 heavy (non-hydrogen) atoms. The molecule has 2 N–H and O–H groups in total. The van der Waals surface area contributed by atoms with Gasteiger partial charge in [-0.2, -0.15) is 0 Å². The zero-order valence-electron chi connectivity index (χ0n) is 19.9. The van der Waals surface area contributed by atoms with Gasteiger partial charge in [0, 0.05) is 32.2 Å². The second kappa shape index (κ2) is 12.8. The highest BCUT2D eigenvalue weighted by molar-refractivity contribution is 7.90. The van der Waals surface area contributed by atoms with Gasteiger partial charge in [-0.25, -0.2) is 12.8 Å². The molecule has 1 amide bonds. The molecule has 10 heteroatoms. The summed E-state index contributed by atoms with van der Waals surface area (Å²) in [7, 11) is 0.0959. The number of amides is 1. The molecule has 0 spiro atoms. The molecule has 1 aromatic rings. The molecule has 1 heterocycles. The lowest BCUT2D eigenvalue weighted by molar-refractivity contribution is -0.173. The molecule has 0 bridgehead atoms. The molecule has 0 aromatic heterocycles. The molecule has 5 atom stereocenters. The highest BCUT2D eigenvalue weighted by atomic mass is 32.2. The Morgan fingerprint density at radius 3 is 2.52 bits per heavy atom. The second-order valence-corrected chi connectivity index (χ2v) is 10.8. The number of alkyl halides is 1. The van der Waals surface area contributed by atoms with Crippen LogP contribution in [0, 0.1) is 0 Å². The summed E-state index contributed by atoms with van der Waals surface area (Å²) in [6, 6.07) is 5.40. The number of rotatable bonds is 12. The van der Waals surface area contributed by atoms with Crippen LogP contribution >= 0.6 is 0 Å². The van der Waals surface area contributed by atoms with Gasteiger partial charge in [0.25, 0.3) is 0 Å². The largest absolute Gasteiger partial charge is 0.375 e. The van der Waals surface area contributed by atoms with E-state index in [1.807, 2.05) is 14.0 Å². The molecule has 188 valence electrons. The van der Waals surface area contributed by atoms with Crippen LogP contribution in [0.3, 0.4) is 0 Å². The Labute approximate surface area is 196 Å². The molecule has 1 fully saturated rings. The molecular weight excluding hydrogens is 451 g/mol. The lowest BCUT2D eigenvalue weighted by Gasteiger charge is -2.36. The Morgan fingerprint density at radius 2 is 1.97 bits per heavy atom. The van der Waals surface area contributed by atoms with Crippen LogP contribution in [0.1, 0.15) is 50.7 Å². The van der Waals surface area contributed by atoms with Crippen molar-refractivity contribution < 1.29 is 32.2 Å². The highest BCUT2D eigenvalue weighted by Gasteiger charge is 2.28. The number of carbonyl (C=O) groups excluding carboxylic acids is 1. The van der Waals surface area contributed by atoms with Crippen LogP contribution in [0.25, 0.3) is 0 Å². The van der Waals surface area contributed by atoms with Gasteiger partial charge in [0.2, 0.25) is 5.91 Å². The number of sulfone groups is 1. The van der Waals surface area contributed by atoms with Gasteiger partial charge in [-0.05, 0) is 57.5 Å². The normalized spacial score (nSPS) is 23.3. The van der Waals surface area contributed by atoms with Gasteiger partial charge in [-0.1, -0.05) is 12.1 Å². The third-order valence-corrected chi connectivity index (χ3v) is 7.15. The van der Waals surface area contributed by atoms with Crippen molar-refractivity contribution >= 4 is 15.7 Å². The molecule has 2 rings (SSSR count). The minimum Gasteiger partial charge on any atom is -0.375 e. The number of hydrogen-bond donors (Lipinski definition) is 2. The molecule has 1 aromatic carbocycles. The number of methoxy groups -OCH3 is 1. The summed E-state index contributed by atoms with van der Waals surface area (Å²) >= 11 is 0. The summed E-state index contributed by atoms with van der Waals surface area (Å²) in [5, 5.41) is 12.5. The van der Waals surface area contributed by atoms with Gasteiger partial charge in [-0.15, -0.1) is 0 Å². The van der Waals surface area contributed by atoms with Crippen LogP contribution < -0.4 is 5.32 Å². The Kier molecular flexibility index (Phi) is 10.7. The standard InChI is InChI=1S/C23H37FN2O6S/c1-16-13-18(14-22(28)32-16)26(2)12-6-5-7-21(27)25-20(15-24)23(31-3)17-8-10-19(11-9-17)33(4,29)30/h8-11,16,18,20,22-23,28H,5-7,12-15H2,1-4H3,(H,25,27)/t16-,18+,20-,22?,23-/m1/s1. The highest BCUT2D eigenvalue weighted by Crippen LogP contribution is 2.24. The van der Waals surface area contributed by atoms with Crippen LogP contribution in [-0.4, -0.2) is 82.4 Å². The Bertz CT molecular complexity index is 841. The number of nitrogens with zero attached hydrogens (tertiary/aromatic N) is 1. The average molecular weight is 489 g/mol. The van der Waals surface area contributed by atoms with Crippen molar-refractivity contribution in [3.63, 3.8) is 0 Å². The van der Waals surface area contributed by atoms with Crippen LogP contribution in [0.5, 0.6) is 0 Å². The number of aliphatic hydroxyl groups is 1. The van der Waals surface area contributed by atoms with Gasteiger partial charge in [0.05, 0.1) is 17.0 Å². The summed E-state index contributed by atoms with van der Waals surface area (Å²) < 4.78 is 47.8. The van der Waals surface area contributed by atoms with E-state index in [0.717, 1.165) is 25.6 Å². The van der Waals surface area contributed by atoms with Crippen molar-refractivity contribution in [2.24, 2.45) is 0 Å². The molecule has 8 nitrogen and oxygen atoms in total. The van der Waals surface area contributed by atoms with Crippen LogP contribution in [-0.2, 0) is 24.1 Å². The zero-order valence-corrected chi connectivity index (χ0v) is 20.7. The van der Waals surface area contributed by atoms with Crippen molar-refractivity contribution in [1.29, 1.82) is 0 Å². The predicted octanol–water partition coefficient (Wildman–Crippen LogP) is 2.22. The van der Waals surface area contributed by atoms with Gasteiger partial charge >= 0.3 is 0 Å². The number of carbonyl (C=O) groups is 1. The van der Waals surface area contributed by atoms with Gasteiger partial charge in [0.15, 0.2) is 16.1 Å². The number of nitrogens with one attached hydrogen (secondary N) is 1. The number of halogens is 1. The van der Waals surface area contributed by atoms with E-state index < -0.39 is 34.9 Å². The van der Waals surface area contributed by atoms with E-state index in [0.29, 0.717) is 18.4 Å². The van der Waals surface area contributed by atoms with Crippen LogP contribution in [0.4, 0.5) is 4.39 Å². The van der Waals surface area contributed by atoms with Crippen molar-refractivity contribution in [3.8, 4) is 0 Å². The third kappa shape index (κ3) is 8.60. The fourth-order valence-corrected chi connectivity index (χ4v) is 4.82. The fraction of sp³-hybridized carbons (Fsp3) is 0.696. The van der Waals surface area contributed by atoms with E-state index in [1.54, 1.807) is 12.1 Å². The number of unbranched alkanes of at least 4 members (excludes halogenated alkanes) is 1. The summed E-state index contributed by atoms with van der Waals surface area (Å²) in [6.07, 6.45) is 2.80. The quantitative estimate of drug-likeness (QED) is 0.435. The monoisotopic (exact) mass is 488 g/mol. The molecule has 0 aliphatic carbocycles. The van der Waals surface area contributed by atoms with E-state index >= 15 is 0 Å². The molecule has 1 saturated heterocycles. The summed E-state index contributed by atoms with van der Waals surface area (Å²) in [5.41, 5.74) is 0.586.